The molecule has 3 heterocycles. The van der Waals surface area contributed by atoms with Crippen molar-refractivity contribution >= 4 is 17.5 Å². The van der Waals surface area contributed by atoms with Gasteiger partial charge < -0.3 is 30.0 Å². The minimum Gasteiger partial charge on any atom is -0.495 e. The maximum Gasteiger partial charge on any atom is 0.204 e. The first-order valence-corrected chi connectivity index (χ1v) is 11.2. The van der Waals surface area contributed by atoms with Gasteiger partial charge in [-0.2, -0.15) is 0 Å². The lowest BCUT2D eigenvalue weighted by atomic mass is 9.92. The van der Waals surface area contributed by atoms with Crippen LogP contribution in [0.25, 0.3) is 0 Å². The lowest BCUT2D eigenvalue weighted by molar-refractivity contribution is 0.312. The largest absolute Gasteiger partial charge is 0.495 e. The number of nitrogens with one attached hydrogen (secondary N) is 3. The second-order valence-corrected chi connectivity index (χ2v) is 8.48. The molecule has 172 valence electrons. The van der Waals surface area contributed by atoms with Gasteiger partial charge in [0.15, 0.2) is 5.66 Å². The number of para-hydroxylation sites is 1. The van der Waals surface area contributed by atoms with E-state index in [0.717, 1.165) is 47.9 Å². The van der Waals surface area contributed by atoms with Crippen molar-refractivity contribution in [1.82, 2.24) is 9.88 Å². The fourth-order valence-corrected chi connectivity index (χ4v) is 4.62. The molecule has 0 amide bonds. The summed E-state index contributed by atoms with van der Waals surface area (Å²) in [7, 11) is 3.82. The molecule has 0 saturated heterocycles. The Morgan fingerprint density at radius 2 is 2.00 bits per heavy atom. The van der Waals surface area contributed by atoms with E-state index in [1.54, 1.807) is 7.11 Å². The van der Waals surface area contributed by atoms with Gasteiger partial charge >= 0.3 is 0 Å². The minimum absolute atomic E-state index is 0.529. The number of ether oxygens (including phenoxy) is 2. The molecule has 0 aliphatic carbocycles. The minimum atomic E-state index is -1.13. The van der Waals surface area contributed by atoms with E-state index in [1.807, 2.05) is 43.5 Å². The molecule has 0 fully saturated rings. The van der Waals surface area contributed by atoms with Crippen molar-refractivity contribution in [1.29, 1.82) is 0 Å². The first-order valence-electron chi connectivity index (χ1n) is 11.2. The summed E-state index contributed by atoms with van der Waals surface area (Å²) in [4.78, 5) is 10.5. The van der Waals surface area contributed by atoms with Crippen molar-refractivity contribution < 1.29 is 9.47 Å². The van der Waals surface area contributed by atoms with Crippen LogP contribution in [0.2, 0.25) is 0 Å². The zero-order chi connectivity index (χ0) is 23.0. The maximum atomic E-state index is 7.01. The van der Waals surface area contributed by atoms with Gasteiger partial charge in [-0.25, -0.2) is 4.99 Å². The Morgan fingerprint density at radius 1 is 1.15 bits per heavy atom. The van der Waals surface area contributed by atoms with Gasteiger partial charge in [0, 0.05) is 30.4 Å². The van der Waals surface area contributed by atoms with E-state index in [2.05, 4.69) is 39.7 Å². The Kier molecular flexibility index (Phi) is 5.47. The third kappa shape index (κ3) is 3.81. The third-order valence-electron chi connectivity index (χ3n) is 6.26. The molecule has 0 radical (unpaired) electrons. The number of H-pyrrole nitrogens is 1. The molecule has 1 atom stereocenters. The number of methoxy groups -OCH3 is 1. The van der Waals surface area contributed by atoms with E-state index in [0.29, 0.717) is 18.3 Å². The molecule has 33 heavy (non-hydrogen) atoms. The van der Waals surface area contributed by atoms with Crippen LogP contribution < -0.4 is 25.8 Å². The molecule has 5 rings (SSSR count). The van der Waals surface area contributed by atoms with Crippen molar-refractivity contribution in [3.8, 4) is 11.5 Å². The van der Waals surface area contributed by atoms with Gasteiger partial charge in [0.25, 0.3) is 0 Å². The summed E-state index contributed by atoms with van der Waals surface area (Å²) in [6, 6.07) is 14.0. The van der Waals surface area contributed by atoms with Gasteiger partial charge in [0.2, 0.25) is 5.96 Å². The van der Waals surface area contributed by atoms with E-state index in [1.165, 1.54) is 11.1 Å². The van der Waals surface area contributed by atoms with Crippen LogP contribution in [0.4, 0.5) is 11.5 Å². The number of guanidine groups is 1. The SMILES string of the molecule is CCOc1ccccc1C1(N)N=C(Nc2cc3c(cc2OC)CCN(C)C3)Nc2[nH]ccc21. The zero-order valence-corrected chi connectivity index (χ0v) is 19.2. The molecule has 0 spiro atoms. The topological polar surface area (TPSA) is 99.9 Å². The summed E-state index contributed by atoms with van der Waals surface area (Å²) in [5, 5.41) is 6.77. The van der Waals surface area contributed by atoms with Crippen LogP contribution in [0.5, 0.6) is 11.5 Å². The number of anilines is 2. The predicted octanol–water partition coefficient (Wildman–Crippen LogP) is 3.46. The van der Waals surface area contributed by atoms with Crippen LogP contribution in [0.15, 0.2) is 53.7 Å². The van der Waals surface area contributed by atoms with Gasteiger partial charge in [-0.1, -0.05) is 18.2 Å². The van der Waals surface area contributed by atoms with Crippen molar-refractivity contribution in [3.63, 3.8) is 0 Å². The molecule has 2 aliphatic heterocycles. The van der Waals surface area contributed by atoms with Crippen molar-refractivity contribution in [3.05, 3.63) is 70.9 Å². The number of hydrogen-bond acceptors (Lipinski definition) is 7. The predicted molar refractivity (Wildman–Crippen MR) is 131 cm³/mol. The molecule has 2 aliphatic rings. The Morgan fingerprint density at radius 3 is 2.82 bits per heavy atom. The number of rotatable bonds is 5. The normalized spacial score (nSPS) is 19.7. The summed E-state index contributed by atoms with van der Waals surface area (Å²) in [6.45, 7) is 4.44. The Labute approximate surface area is 193 Å². The number of aliphatic imine (C=N–C) groups is 1. The standard InChI is InChI=1S/C25H30N6O2/c1-4-33-21-8-6-5-7-18(21)25(26)19-9-11-27-23(19)29-24(30-25)28-20-13-17-15-31(2)12-10-16(17)14-22(20)32-3/h5-9,11,13-14,27H,4,10,12,15,26H2,1-3H3,(H2,28,29,30). The number of likely N-dealkylation sites (N-methyl/N-ethyl adjacent to an activating group) is 1. The molecule has 0 bridgehead atoms. The molecule has 3 aromatic rings. The van der Waals surface area contributed by atoms with E-state index in [4.69, 9.17) is 20.2 Å². The summed E-state index contributed by atoms with van der Waals surface area (Å²) < 4.78 is 11.6. The average molecular weight is 447 g/mol. The van der Waals surface area contributed by atoms with E-state index in [9.17, 15) is 0 Å². The molecule has 1 unspecified atom stereocenters. The fourth-order valence-electron chi connectivity index (χ4n) is 4.62. The number of aromatic amines is 1. The van der Waals surface area contributed by atoms with Gasteiger partial charge in [0.05, 0.1) is 19.4 Å². The first-order chi connectivity index (χ1) is 16.0. The van der Waals surface area contributed by atoms with E-state index < -0.39 is 5.66 Å². The molecular weight excluding hydrogens is 416 g/mol. The van der Waals surface area contributed by atoms with Crippen LogP contribution in [0.3, 0.4) is 0 Å². The lowest BCUT2D eigenvalue weighted by Crippen LogP contribution is -2.43. The summed E-state index contributed by atoms with van der Waals surface area (Å²) >= 11 is 0. The number of benzene rings is 2. The van der Waals surface area contributed by atoms with Crippen LogP contribution in [0.1, 0.15) is 29.2 Å². The number of fused-ring (bicyclic) bond motifs is 2. The molecule has 2 aromatic carbocycles. The highest BCUT2D eigenvalue weighted by atomic mass is 16.5. The quantitative estimate of drug-likeness (QED) is 0.479. The van der Waals surface area contributed by atoms with Crippen LogP contribution in [-0.4, -0.2) is 43.2 Å². The smallest absolute Gasteiger partial charge is 0.204 e. The van der Waals surface area contributed by atoms with E-state index in [-0.39, 0.29) is 0 Å². The van der Waals surface area contributed by atoms with Crippen LogP contribution in [-0.2, 0) is 18.6 Å². The highest BCUT2D eigenvalue weighted by Gasteiger charge is 2.39. The van der Waals surface area contributed by atoms with Gasteiger partial charge in [-0.3, -0.25) is 5.73 Å². The van der Waals surface area contributed by atoms with Crippen LogP contribution in [0, 0.1) is 0 Å². The second kappa shape index (κ2) is 8.46. The number of aromatic nitrogens is 1. The summed E-state index contributed by atoms with van der Waals surface area (Å²) in [5.74, 6) is 2.81. The maximum absolute atomic E-state index is 7.01. The molecule has 0 saturated carbocycles. The Hall–Kier alpha value is -3.49. The molecular formula is C25H30N6O2. The number of hydrogen-bond donors (Lipinski definition) is 4. The fraction of sp³-hybridized carbons (Fsp3) is 0.320. The highest BCUT2D eigenvalue weighted by Crippen LogP contribution is 2.41. The third-order valence-corrected chi connectivity index (χ3v) is 6.26. The first kappa shape index (κ1) is 21.4. The van der Waals surface area contributed by atoms with Gasteiger partial charge in [-0.15, -0.1) is 0 Å². The van der Waals surface area contributed by atoms with Crippen molar-refractivity contribution in [2.75, 3.05) is 37.9 Å². The zero-order valence-electron chi connectivity index (χ0n) is 19.2. The summed E-state index contributed by atoms with van der Waals surface area (Å²) in [6.07, 6.45) is 2.87. The Bertz CT molecular complexity index is 1200. The Balaban J connectivity index is 1.56. The average Bonchev–Trinajstić information content (AvgIpc) is 3.29. The second-order valence-electron chi connectivity index (χ2n) is 8.48. The van der Waals surface area contributed by atoms with E-state index >= 15 is 0 Å². The monoisotopic (exact) mass is 446 g/mol. The van der Waals surface area contributed by atoms with Gasteiger partial charge in [-0.05, 0) is 55.8 Å². The van der Waals surface area contributed by atoms with Crippen molar-refractivity contribution in [2.45, 2.75) is 25.6 Å². The van der Waals surface area contributed by atoms with Crippen LogP contribution >= 0.6 is 0 Å². The highest BCUT2D eigenvalue weighted by molar-refractivity contribution is 6.06. The molecule has 1 aromatic heterocycles. The van der Waals surface area contributed by atoms with Crippen molar-refractivity contribution in [2.24, 2.45) is 10.7 Å². The molecule has 8 heteroatoms. The number of nitrogens with zero attached hydrogens (tertiary/aromatic N) is 2. The number of nitrogens with two attached hydrogens (primary N) is 1. The summed E-state index contributed by atoms with van der Waals surface area (Å²) in [5.41, 5.74) is 11.0. The van der Waals surface area contributed by atoms with Gasteiger partial charge in [0.1, 0.15) is 17.3 Å². The lowest BCUT2D eigenvalue weighted by Gasteiger charge is -2.33. The molecule has 5 N–H and O–H groups in total. The molecule has 8 nitrogen and oxygen atoms in total.